The maximum absolute atomic E-state index is 14.6. The average molecular weight is 695 g/mol. The van der Waals surface area contributed by atoms with Crippen molar-refractivity contribution in [1.29, 1.82) is 0 Å². The van der Waals surface area contributed by atoms with Crippen molar-refractivity contribution >= 4 is 50.7 Å². The van der Waals surface area contributed by atoms with Gasteiger partial charge in [-0.2, -0.15) is 0 Å². The Morgan fingerprint density at radius 2 is 1.47 bits per heavy atom. The summed E-state index contributed by atoms with van der Waals surface area (Å²) in [6, 6.07) is 26.8. The van der Waals surface area contributed by atoms with E-state index in [1.807, 2.05) is 77.1 Å². The van der Waals surface area contributed by atoms with Crippen LogP contribution in [0.2, 0.25) is 10.0 Å². The first-order valence-corrected chi connectivity index (χ1v) is 17.7. The van der Waals surface area contributed by atoms with Crippen LogP contribution in [-0.4, -0.2) is 43.8 Å². The number of anilines is 1. The molecule has 7 nitrogen and oxygen atoms in total. The smallest absolute Gasteiger partial charge is 0.264 e. The standard InChI is InChI=1S/C37H41Cl2N3O4S/c1-25(2)29-14-17-32(18-15-29)42(47(45,46)33-19-11-27(5)12-20-33)24-36(43)41(23-30-13-16-31(38)22-34(30)39)35(37(44)40-26(3)4)21-28-9-7-6-8-10-28/h6-20,22,25-26,35H,21,23-24H2,1-5H3,(H,40,44)/t35-/m1/s1. The minimum atomic E-state index is -4.20. The van der Waals surface area contributed by atoms with Gasteiger partial charge in [0.15, 0.2) is 0 Å². The van der Waals surface area contributed by atoms with Crippen LogP contribution < -0.4 is 9.62 Å². The number of carbonyl (C=O) groups excluding carboxylic acids is 2. The Morgan fingerprint density at radius 1 is 0.830 bits per heavy atom. The maximum atomic E-state index is 14.6. The summed E-state index contributed by atoms with van der Waals surface area (Å²) in [5.74, 6) is -0.707. The van der Waals surface area contributed by atoms with Crippen LogP contribution in [0.5, 0.6) is 0 Å². The van der Waals surface area contributed by atoms with Crippen LogP contribution in [0.1, 0.15) is 55.9 Å². The topological polar surface area (TPSA) is 86.8 Å². The summed E-state index contributed by atoms with van der Waals surface area (Å²) in [4.78, 5) is 29.9. The van der Waals surface area contributed by atoms with Crippen molar-refractivity contribution in [3.8, 4) is 0 Å². The lowest BCUT2D eigenvalue weighted by Gasteiger charge is -2.34. The van der Waals surface area contributed by atoms with E-state index in [1.165, 1.54) is 17.0 Å². The molecule has 0 radical (unpaired) electrons. The minimum Gasteiger partial charge on any atom is -0.352 e. The summed E-state index contributed by atoms with van der Waals surface area (Å²) in [6.45, 7) is 9.05. The predicted octanol–water partition coefficient (Wildman–Crippen LogP) is 7.79. The zero-order chi connectivity index (χ0) is 34.3. The molecule has 248 valence electrons. The number of rotatable bonds is 13. The van der Waals surface area contributed by atoms with Crippen molar-refractivity contribution in [3.05, 3.63) is 129 Å². The number of aryl methyl sites for hydroxylation is 1. The summed E-state index contributed by atoms with van der Waals surface area (Å²) in [6.07, 6.45) is 0.199. The van der Waals surface area contributed by atoms with Crippen LogP contribution in [-0.2, 0) is 32.6 Å². The van der Waals surface area contributed by atoms with Gasteiger partial charge in [0, 0.05) is 29.1 Å². The highest BCUT2D eigenvalue weighted by Gasteiger charge is 2.35. The quantitative estimate of drug-likeness (QED) is 0.155. The van der Waals surface area contributed by atoms with E-state index in [1.54, 1.807) is 42.5 Å². The second-order valence-electron chi connectivity index (χ2n) is 12.2. The highest BCUT2D eigenvalue weighted by atomic mass is 35.5. The van der Waals surface area contributed by atoms with Crippen LogP contribution in [0.25, 0.3) is 0 Å². The highest BCUT2D eigenvalue weighted by molar-refractivity contribution is 7.92. The molecule has 4 aromatic rings. The fourth-order valence-corrected chi connectivity index (χ4v) is 7.04. The normalized spacial score (nSPS) is 12.2. The first-order valence-electron chi connectivity index (χ1n) is 15.5. The largest absolute Gasteiger partial charge is 0.352 e. The number of benzene rings is 4. The van der Waals surface area contributed by atoms with Crippen molar-refractivity contribution in [2.24, 2.45) is 0 Å². The fourth-order valence-electron chi connectivity index (χ4n) is 5.16. The van der Waals surface area contributed by atoms with E-state index in [4.69, 9.17) is 23.2 Å². The summed E-state index contributed by atoms with van der Waals surface area (Å²) >= 11 is 12.8. The Labute approximate surface area is 288 Å². The Hall–Kier alpha value is -3.85. The fraction of sp³-hybridized carbons (Fsp3) is 0.297. The Balaban J connectivity index is 1.83. The number of hydrogen-bond donors (Lipinski definition) is 1. The molecule has 47 heavy (non-hydrogen) atoms. The summed E-state index contributed by atoms with van der Waals surface area (Å²) in [5, 5.41) is 3.70. The zero-order valence-electron chi connectivity index (χ0n) is 27.3. The lowest BCUT2D eigenvalue weighted by molar-refractivity contribution is -0.140. The van der Waals surface area contributed by atoms with E-state index in [2.05, 4.69) is 5.32 Å². The van der Waals surface area contributed by atoms with Gasteiger partial charge in [0.2, 0.25) is 11.8 Å². The molecule has 0 aliphatic heterocycles. The van der Waals surface area contributed by atoms with Crippen molar-refractivity contribution in [1.82, 2.24) is 10.2 Å². The van der Waals surface area contributed by atoms with Gasteiger partial charge in [-0.15, -0.1) is 0 Å². The van der Waals surface area contributed by atoms with E-state index in [0.29, 0.717) is 21.3 Å². The van der Waals surface area contributed by atoms with Crippen molar-refractivity contribution in [2.75, 3.05) is 10.8 Å². The molecule has 1 atom stereocenters. The van der Waals surface area contributed by atoms with Gasteiger partial charge in [-0.1, -0.05) is 103 Å². The number of halogens is 2. The second kappa shape index (κ2) is 15.8. The third kappa shape index (κ3) is 9.37. The molecule has 0 saturated heterocycles. The van der Waals surface area contributed by atoms with Gasteiger partial charge >= 0.3 is 0 Å². The SMILES string of the molecule is Cc1ccc(S(=O)(=O)N(CC(=O)N(Cc2ccc(Cl)cc2Cl)[C@H](Cc2ccccc2)C(=O)NC(C)C)c2ccc(C(C)C)cc2)cc1. The number of sulfonamides is 1. The summed E-state index contributed by atoms with van der Waals surface area (Å²) in [7, 11) is -4.20. The summed E-state index contributed by atoms with van der Waals surface area (Å²) < 4.78 is 29.6. The van der Waals surface area contributed by atoms with Gasteiger partial charge in [-0.3, -0.25) is 13.9 Å². The van der Waals surface area contributed by atoms with Crippen molar-refractivity contribution < 1.29 is 18.0 Å². The monoisotopic (exact) mass is 693 g/mol. The van der Waals surface area contributed by atoms with Crippen LogP contribution in [0.4, 0.5) is 5.69 Å². The molecule has 0 spiro atoms. The number of carbonyl (C=O) groups is 2. The van der Waals surface area contributed by atoms with Gasteiger partial charge in [0.25, 0.3) is 10.0 Å². The van der Waals surface area contributed by atoms with Crippen LogP contribution in [0.15, 0.2) is 102 Å². The zero-order valence-corrected chi connectivity index (χ0v) is 29.6. The van der Waals surface area contributed by atoms with Crippen molar-refractivity contribution in [2.45, 2.75) is 70.5 Å². The molecule has 0 aliphatic rings. The molecule has 2 amide bonds. The Bertz CT molecular complexity index is 1780. The van der Waals surface area contributed by atoms with E-state index in [0.717, 1.165) is 21.0 Å². The van der Waals surface area contributed by atoms with Gasteiger partial charge in [0.1, 0.15) is 12.6 Å². The maximum Gasteiger partial charge on any atom is 0.264 e. The van der Waals surface area contributed by atoms with E-state index in [9.17, 15) is 18.0 Å². The molecular weight excluding hydrogens is 653 g/mol. The molecule has 0 aliphatic carbocycles. The van der Waals surface area contributed by atoms with Crippen LogP contribution >= 0.6 is 23.2 Å². The predicted molar refractivity (Wildman–Crippen MR) is 190 cm³/mol. The Morgan fingerprint density at radius 3 is 2.04 bits per heavy atom. The lowest BCUT2D eigenvalue weighted by atomic mass is 10.0. The molecule has 0 bridgehead atoms. The van der Waals surface area contributed by atoms with Gasteiger partial charge < -0.3 is 10.2 Å². The molecule has 0 fully saturated rings. The molecular formula is C37H41Cl2N3O4S. The molecule has 0 saturated carbocycles. The van der Waals surface area contributed by atoms with Crippen LogP contribution in [0, 0.1) is 6.92 Å². The van der Waals surface area contributed by atoms with Gasteiger partial charge in [0.05, 0.1) is 10.6 Å². The molecule has 0 heterocycles. The Kier molecular flexibility index (Phi) is 12.1. The highest BCUT2D eigenvalue weighted by Crippen LogP contribution is 2.28. The van der Waals surface area contributed by atoms with Gasteiger partial charge in [-0.25, -0.2) is 8.42 Å². The lowest BCUT2D eigenvalue weighted by Crippen LogP contribution is -2.54. The molecule has 0 aromatic heterocycles. The molecule has 4 aromatic carbocycles. The molecule has 4 rings (SSSR count). The average Bonchev–Trinajstić information content (AvgIpc) is 3.02. The second-order valence-corrected chi connectivity index (χ2v) is 14.9. The van der Waals surface area contributed by atoms with Crippen molar-refractivity contribution in [3.63, 3.8) is 0 Å². The van der Waals surface area contributed by atoms with Crippen LogP contribution in [0.3, 0.4) is 0 Å². The van der Waals surface area contributed by atoms with E-state index >= 15 is 0 Å². The third-order valence-electron chi connectivity index (χ3n) is 7.79. The molecule has 10 heteroatoms. The summed E-state index contributed by atoms with van der Waals surface area (Å²) in [5.41, 5.74) is 3.66. The number of amides is 2. The number of nitrogens with one attached hydrogen (secondary N) is 1. The van der Waals surface area contributed by atoms with Gasteiger partial charge in [-0.05, 0) is 79.8 Å². The third-order valence-corrected chi connectivity index (χ3v) is 10.2. The van der Waals surface area contributed by atoms with E-state index < -0.39 is 28.5 Å². The molecule has 1 N–H and O–H groups in total. The minimum absolute atomic E-state index is 0.0505. The first-order chi connectivity index (χ1) is 22.3. The molecule has 0 unspecified atom stereocenters. The van der Waals surface area contributed by atoms with E-state index in [-0.39, 0.29) is 35.7 Å². The number of hydrogen-bond acceptors (Lipinski definition) is 4. The number of nitrogens with zero attached hydrogens (tertiary/aromatic N) is 2. The first kappa shape index (κ1) is 36.0.